The molecule has 1 amide bonds. The predicted molar refractivity (Wildman–Crippen MR) is 91.0 cm³/mol. The monoisotopic (exact) mass is 365 g/mol. The standard InChI is InChI=1S/C16H20BrN3O2/c1-15(2,3)16(22-10-17)14(21)19-11-18-12-20(16)9-13-7-5-4-6-8-13/h4-8,11-12H,9-10H2,1-3H3/t16-/m1/s1. The summed E-state index contributed by atoms with van der Waals surface area (Å²) in [6.07, 6.45) is 2.89. The molecule has 0 saturated heterocycles. The van der Waals surface area contributed by atoms with E-state index in [2.05, 4.69) is 25.9 Å². The number of hydrogen-bond donors (Lipinski definition) is 0. The molecular weight excluding hydrogens is 346 g/mol. The van der Waals surface area contributed by atoms with Crippen LogP contribution in [-0.2, 0) is 16.1 Å². The number of nitrogens with zero attached hydrogens (tertiary/aromatic N) is 3. The smallest absolute Gasteiger partial charge is 0.301 e. The summed E-state index contributed by atoms with van der Waals surface area (Å²) in [6.45, 7) is 6.38. The second-order valence-corrected chi connectivity index (χ2v) is 6.53. The van der Waals surface area contributed by atoms with Crippen LogP contribution in [0.15, 0.2) is 40.3 Å². The summed E-state index contributed by atoms with van der Waals surface area (Å²) in [6, 6.07) is 9.90. The van der Waals surface area contributed by atoms with Crippen molar-refractivity contribution in [1.29, 1.82) is 0 Å². The zero-order chi connectivity index (χ0) is 16.2. The molecule has 0 bridgehead atoms. The molecule has 6 heteroatoms. The van der Waals surface area contributed by atoms with Gasteiger partial charge in [-0.05, 0) is 5.56 Å². The van der Waals surface area contributed by atoms with Crippen LogP contribution in [0.2, 0.25) is 0 Å². The van der Waals surface area contributed by atoms with Crippen molar-refractivity contribution in [3.63, 3.8) is 0 Å². The molecule has 0 unspecified atom stereocenters. The normalized spacial score (nSPS) is 22.0. The van der Waals surface area contributed by atoms with Crippen molar-refractivity contribution in [2.45, 2.75) is 33.0 Å². The fraction of sp³-hybridized carbons (Fsp3) is 0.438. The topological polar surface area (TPSA) is 54.3 Å². The number of rotatable bonds is 4. The van der Waals surface area contributed by atoms with E-state index in [-0.39, 0.29) is 11.4 Å². The number of halogens is 1. The highest BCUT2D eigenvalue weighted by Gasteiger charge is 2.54. The van der Waals surface area contributed by atoms with E-state index in [1.165, 1.54) is 6.34 Å². The van der Waals surface area contributed by atoms with Crippen LogP contribution in [0.3, 0.4) is 0 Å². The maximum Gasteiger partial charge on any atom is 0.301 e. The van der Waals surface area contributed by atoms with Crippen LogP contribution in [0.5, 0.6) is 0 Å². The van der Waals surface area contributed by atoms with Crippen molar-refractivity contribution in [2.24, 2.45) is 15.4 Å². The highest BCUT2D eigenvalue weighted by atomic mass is 79.9. The summed E-state index contributed by atoms with van der Waals surface area (Å²) in [7, 11) is 0. The van der Waals surface area contributed by atoms with Gasteiger partial charge in [0.1, 0.15) is 11.9 Å². The fourth-order valence-corrected chi connectivity index (χ4v) is 2.94. The van der Waals surface area contributed by atoms with Crippen molar-refractivity contribution in [2.75, 3.05) is 5.52 Å². The van der Waals surface area contributed by atoms with Gasteiger partial charge in [-0.25, -0.2) is 4.99 Å². The molecule has 5 nitrogen and oxygen atoms in total. The molecule has 118 valence electrons. The molecule has 1 aliphatic rings. The number of carbonyl (C=O) groups is 1. The molecule has 22 heavy (non-hydrogen) atoms. The first-order valence-corrected chi connectivity index (χ1v) is 8.15. The second-order valence-electron chi connectivity index (χ2n) is 6.08. The number of aliphatic imine (C=N–C) groups is 2. The molecule has 0 aliphatic carbocycles. The van der Waals surface area contributed by atoms with Crippen LogP contribution in [0.4, 0.5) is 0 Å². The zero-order valence-corrected chi connectivity index (χ0v) is 14.6. The number of ether oxygens (including phenoxy) is 1. The van der Waals surface area contributed by atoms with Gasteiger partial charge in [0.15, 0.2) is 0 Å². The summed E-state index contributed by atoms with van der Waals surface area (Å²) in [5, 5.41) is 0. The Balaban J connectivity index is 2.48. The second kappa shape index (κ2) is 6.71. The Morgan fingerprint density at radius 3 is 2.55 bits per heavy atom. The van der Waals surface area contributed by atoms with Gasteiger partial charge >= 0.3 is 5.91 Å². The first-order chi connectivity index (χ1) is 10.4. The molecule has 0 N–H and O–H groups in total. The van der Waals surface area contributed by atoms with E-state index in [9.17, 15) is 4.79 Å². The van der Waals surface area contributed by atoms with E-state index < -0.39 is 11.1 Å². The Kier molecular flexibility index (Phi) is 5.13. The van der Waals surface area contributed by atoms with Crippen LogP contribution in [0.1, 0.15) is 26.3 Å². The zero-order valence-electron chi connectivity index (χ0n) is 13.0. The molecule has 2 rings (SSSR count). The van der Waals surface area contributed by atoms with Gasteiger partial charge in [-0.1, -0.05) is 67.0 Å². The molecule has 0 spiro atoms. The first-order valence-electron chi connectivity index (χ1n) is 7.02. The van der Waals surface area contributed by atoms with Crippen molar-refractivity contribution in [1.82, 2.24) is 4.90 Å². The number of hydrogen-bond acceptors (Lipinski definition) is 4. The number of amides is 1. The Morgan fingerprint density at radius 1 is 1.27 bits per heavy atom. The van der Waals surface area contributed by atoms with Crippen molar-refractivity contribution < 1.29 is 9.53 Å². The molecule has 1 aromatic rings. The number of carbonyl (C=O) groups excluding carboxylic acids is 1. The van der Waals surface area contributed by atoms with E-state index >= 15 is 0 Å². The average molecular weight is 366 g/mol. The molecule has 1 heterocycles. The van der Waals surface area contributed by atoms with Crippen LogP contribution < -0.4 is 0 Å². The van der Waals surface area contributed by atoms with Gasteiger partial charge in [-0.15, -0.1) is 0 Å². The Labute approximate surface area is 139 Å². The van der Waals surface area contributed by atoms with E-state index in [1.54, 1.807) is 6.34 Å². The lowest BCUT2D eigenvalue weighted by molar-refractivity contribution is -0.189. The highest BCUT2D eigenvalue weighted by Crippen LogP contribution is 2.39. The van der Waals surface area contributed by atoms with Gasteiger partial charge in [0.2, 0.25) is 5.72 Å². The van der Waals surface area contributed by atoms with E-state index in [0.29, 0.717) is 6.54 Å². The van der Waals surface area contributed by atoms with E-state index in [0.717, 1.165) is 5.56 Å². The lowest BCUT2D eigenvalue weighted by Crippen LogP contribution is -2.62. The SMILES string of the molecule is CC(C)(C)[C@]1(OCBr)C(=O)N=CN=CN1Cc1ccccc1. The lowest BCUT2D eigenvalue weighted by Gasteiger charge is -2.47. The van der Waals surface area contributed by atoms with Crippen LogP contribution >= 0.6 is 15.9 Å². The molecule has 0 radical (unpaired) electrons. The van der Waals surface area contributed by atoms with Crippen LogP contribution in [-0.4, -0.2) is 34.7 Å². The molecule has 0 fully saturated rings. The van der Waals surface area contributed by atoms with Gasteiger partial charge in [0.25, 0.3) is 0 Å². The lowest BCUT2D eigenvalue weighted by atomic mass is 9.80. The molecular formula is C16H20BrN3O2. The van der Waals surface area contributed by atoms with Crippen molar-refractivity contribution in [3.05, 3.63) is 35.9 Å². The summed E-state index contributed by atoms with van der Waals surface area (Å²) in [4.78, 5) is 22.5. The number of benzene rings is 1. The Hall–Kier alpha value is -1.53. The van der Waals surface area contributed by atoms with Gasteiger partial charge in [0.05, 0.1) is 6.34 Å². The van der Waals surface area contributed by atoms with Crippen LogP contribution in [0, 0.1) is 5.41 Å². The average Bonchev–Trinajstić information content (AvgIpc) is 2.62. The Morgan fingerprint density at radius 2 is 1.95 bits per heavy atom. The quantitative estimate of drug-likeness (QED) is 0.769. The van der Waals surface area contributed by atoms with Gasteiger partial charge in [-0.2, -0.15) is 4.99 Å². The van der Waals surface area contributed by atoms with Crippen molar-refractivity contribution in [3.8, 4) is 0 Å². The molecule has 1 aliphatic heterocycles. The van der Waals surface area contributed by atoms with Gasteiger partial charge in [-0.3, -0.25) is 4.79 Å². The summed E-state index contributed by atoms with van der Waals surface area (Å²) in [5.74, 6) is -0.354. The van der Waals surface area contributed by atoms with Crippen molar-refractivity contribution >= 4 is 34.5 Å². The molecule has 1 aromatic carbocycles. The molecule has 0 saturated carbocycles. The fourth-order valence-electron chi connectivity index (χ4n) is 2.61. The summed E-state index contributed by atoms with van der Waals surface area (Å²) < 4.78 is 5.90. The van der Waals surface area contributed by atoms with Gasteiger partial charge < -0.3 is 9.64 Å². The third-order valence-corrected chi connectivity index (χ3v) is 3.85. The third-order valence-electron chi connectivity index (χ3n) is 3.62. The first kappa shape index (κ1) is 16.8. The van der Waals surface area contributed by atoms with E-state index in [1.807, 2.05) is 56.0 Å². The maximum atomic E-state index is 12.7. The van der Waals surface area contributed by atoms with E-state index in [4.69, 9.17) is 4.74 Å². The summed E-state index contributed by atoms with van der Waals surface area (Å²) >= 11 is 3.28. The minimum atomic E-state index is -1.22. The minimum absolute atomic E-state index is 0.227. The highest BCUT2D eigenvalue weighted by molar-refractivity contribution is 9.09. The predicted octanol–water partition coefficient (Wildman–Crippen LogP) is 3.20. The van der Waals surface area contributed by atoms with Gasteiger partial charge in [0, 0.05) is 12.0 Å². The van der Waals surface area contributed by atoms with Crippen LogP contribution in [0.25, 0.3) is 0 Å². The largest absolute Gasteiger partial charge is 0.335 e. The minimum Gasteiger partial charge on any atom is -0.335 e. The maximum absolute atomic E-state index is 12.7. The number of alkyl halides is 1. The molecule has 1 atom stereocenters. The summed E-state index contributed by atoms with van der Waals surface area (Å²) in [5.41, 5.74) is -0.427. The third kappa shape index (κ3) is 3.13. The molecule has 0 aromatic heterocycles. The Bertz CT molecular complexity index is 581.